The monoisotopic (exact) mass is 536 g/mol. The second-order valence-corrected chi connectivity index (χ2v) is 10.5. The number of esters is 1. The third-order valence-corrected chi connectivity index (χ3v) is 6.57. The van der Waals surface area contributed by atoms with E-state index in [4.69, 9.17) is 33.2 Å². The van der Waals surface area contributed by atoms with E-state index in [2.05, 4.69) is 10.6 Å². The fraction of sp³-hybridized carbons (Fsp3) is 0.654. The lowest BCUT2D eigenvalue weighted by molar-refractivity contribution is -0.235. The first-order valence-electron chi connectivity index (χ1n) is 12.5. The van der Waals surface area contributed by atoms with Crippen LogP contribution in [-0.4, -0.2) is 79.4 Å². The van der Waals surface area contributed by atoms with Gasteiger partial charge in [0.25, 0.3) is 0 Å². The molecule has 3 saturated heterocycles. The maximum atomic E-state index is 13.3. The number of rotatable bonds is 8. The Bertz CT molecular complexity index is 1030. The van der Waals surface area contributed by atoms with Crippen molar-refractivity contribution in [1.29, 1.82) is 0 Å². The van der Waals surface area contributed by atoms with Gasteiger partial charge in [-0.2, -0.15) is 0 Å². The summed E-state index contributed by atoms with van der Waals surface area (Å²) in [5, 5.41) is 5.29. The van der Waals surface area contributed by atoms with Gasteiger partial charge in [0.05, 0.1) is 20.1 Å². The molecule has 3 aliphatic rings. The van der Waals surface area contributed by atoms with E-state index in [0.29, 0.717) is 0 Å². The van der Waals surface area contributed by atoms with E-state index in [0.717, 1.165) is 5.56 Å². The summed E-state index contributed by atoms with van der Waals surface area (Å²) >= 11 is 0. The summed E-state index contributed by atoms with van der Waals surface area (Å²) < 4.78 is 40.5. The molecule has 6 atom stereocenters. The molecular formula is C26H36N2O10. The van der Waals surface area contributed by atoms with Crippen LogP contribution in [0.2, 0.25) is 0 Å². The van der Waals surface area contributed by atoms with E-state index in [1.165, 1.54) is 14.0 Å². The van der Waals surface area contributed by atoms with Crippen LogP contribution in [0, 0.1) is 0 Å². The van der Waals surface area contributed by atoms with Crippen LogP contribution >= 0.6 is 0 Å². The average molecular weight is 537 g/mol. The normalized spacial score (nSPS) is 31.7. The average Bonchev–Trinajstić information content (AvgIpc) is 3.47. The Balaban J connectivity index is 1.50. The molecule has 0 unspecified atom stereocenters. The summed E-state index contributed by atoms with van der Waals surface area (Å²) in [6, 6.07) is 8.11. The fourth-order valence-electron chi connectivity index (χ4n) is 4.83. The number of ether oxygens (including phenoxy) is 7. The van der Waals surface area contributed by atoms with Crippen molar-refractivity contribution in [1.82, 2.24) is 10.6 Å². The summed E-state index contributed by atoms with van der Waals surface area (Å²) in [7, 11) is 1.24. The van der Waals surface area contributed by atoms with Crippen LogP contribution in [0.3, 0.4) is 0 Å². The number of amides is 2. The molecule has 3 aliphatic heterocycles. The van der Waals surface area contributed by atoms with Crippen molar-refractivity contribution in [3.63, 3.8) is 0 Å². The van der Waals surface area contributed by atoms with Crippen LogP contribution in [0.15, 0.2) is 30.3 Å². The zero-order chi connectivity index (χ0) is 27.7. The molecule has 0 saturated carbocycles. The summed E-state index contributed by atoms with van der Waals surface area (Å²) in [4.78, 5) is 38.1. The van der Waals surface area contributed by atoms with Gasteiger partial charge < -0.3 is 43.8 Å². The Morgan fingerprint density at radius 2 is 1.71 bits per heavy atom. The van der Waals surface area contributed by atoms with E-state index in [1.54, 1.807) is 27.7 Å². The van der Waals surface area contributed by atoms with Gasteiger partial charge in [-0.05, 0) is 40.2 Å². The van der Waals surface area contributed by atoms with Crippen LogP contribution in [0.4, 0.5) is 4.79 Å². The molecule has 38 heavy (non-hydrogen) atoms. The summed E-state index contributed by atoms with van der Waals surface area (Å²) in [6.07, 6.45) is -3.98. The Kier molecular flexibility index (Phi) is 8.01. The van der Waals surface area contributed by atoms with E-state index in [-0.39, 0.29) is 19.6 Å². The van der Waals surface area contributed by atoms with Gasteiger partial charge in [-0.25, -0.2) is 4.79 Å². The molecule has 12 heteroatoms. The Morgan fingerprint density at radius 3 is 2.34 bits per heavy atom. The van der Waals surface area contributed by atoms with Crippen LogP contribution < -0.4 is 10.6 Å². The first kappa shape index (κ1) is 28.2. The molecule has 0 aliphatic carbocycles. The third kappa shape index (κ3) is 6.26. The number of carbonyl (C=O) groups excluding carboxylic acids is 3. The minimum absolute atomic E-state index is 0.0436. The smallest absolute Gasteiger partial charge is 0.408 e. The second kappa shape index (κ2) is 10.8. The molecule has 210 valence electrons. The van der Waals surface area contributed by atoms with E-state index in [9.17, 15) is 14.4 Å². The van der Waals surface area contributed by atoms with Crippen molar-refractivity contribution < 1.29 is 47.5 Å². The second-order valence-electron chi connectivity index (χ2n) is 10.5. The van der Waals surface area contributed by atoms with Crippen molar-refractivity contribution >= 4 is 18.0 Å². The topological polar surface area (TPSA) is 140 Å². The molecule has 2 N–H and O–H groups in total. The number of methoxy groups -OCH3 is 1. The Labute approximate surface area is 221 Å². The van der Waals surface area contributed by atoms with E-state index < -0.39 is 65.7 Å². The van der Waals surface area contributed by atoms with Crippen LogP contribution in [0.1, 0.15) is 46.6 Å². The van der Waals surface area contributed by atoms with E-state index >= 15 is 0 Å². The highest BCUT2D eigenvalue weighted by Crippen LogP contribution is 2.47. The molecule has 0 aromatic heterocycles. The quantitative estimate of drug-likeness (QED) is 0.472. The first-order chi connectivity index (χ1) is 17.8. The molecular weight excluding hydrogens is 500 g/mol. The van der Waals surface area contributed by atoms with Gasteiger partial charge >= 0.3 is 12.1 Å². The maximum Gasteiger partial charge on any atom is 0.408 e. The van der Waals surface area contributed by atoms with Crippen molar-refractivity contribution in [2.45, 2.75) is 95.4 Å². The van der Waals surface area contributed by atoms with Crippen molar-refractivity contribution in [2.75, 3.05) is 13.7 Å². The zero-order valence-electron chi connectivity index (χ0n) is 22.5. The lowest BCUT2D eigenvalue weighted by atomic mass is 9.97. The largest absolute Gasteiger partial charge is 0.469 e. The van der Waals surface area contributed by atoms with Crippen LogP contribution in [-0.2, 0) is 49.4 Å². The lowest BCUT2D eigenvalue weighted by Crippen LogP contribution is -2.61. The number of hydrogen-bond donors (Lipinski definition) is 2. The third-order valence-electron chi connectivity index (χ3n) is 6.57. The van der Waals surface area contributed by atoms with Gasteiger partial charge in [0.1, 0.15) is 37.1 Å². The number of carbonyl (C=O) groups is 3. The minimum Gasteiger partial charge on any atom is -0.469 e. The molecule has 4 rings (SSSR count). The molecule has 0 bridgehead atoms. The van der Waals surface area contributed by atoms with Gasteiger partial charge in [0.2, 0.25) is 5.91 Å². The molecule has 12 nitrogen and oxygen atoms in total. The van der Waals surface area contributed by atoms with Crippen molar-refractivity contribution in [3.8, 4) is 0 Å². The standard InChI is InChI=1S/C26H36N2O10/c1-15(27-23(31)33-13-16-10-8-7-9-11-16)22(30)28-26(12-18(29)32-6)21-20(36-25(4,5)38-21)19(37-26)17-14-34-24(2,3)35-17/h7-11,15,17,19-21H,12-14H2,1-6H3,(H,27,31)(H,28,30)/t15-,17+,19-,20+,21+,26+/m0/s1. The van der Waals surface area contributed by atoms with Gasteiger partial charge in [-0.15, -0.1) is 0 Å². The summed E-state index contributed by atoms with van der Waals surface area (Å²) in [6.45, 7) is 8.78. The summed E-state index contributed by atoms with van der Waals surface area (Å²) in [5.74, 6) is -3.12. The number of hydrogen-bond acceptors (Lipinski definition) is 10. The van der Waals surface area contributed by atoms with Crippen molar-refractivity contribution in [3.05, 3.63) is 35.9 Å². The molecule has 1 aromatic rings. The highest BCUT2D eigenvalue weighted by molar-refractivity contribution is 5.86. The molecule has 0 radical (unpaired) electrons. The SMILES string of the molecule is COC(=O)C[C@@]1(NC(=O)[C@H](C)NC(=O)OCc2ccccc2)O[C@@H]([C@H]2COC(C)(C)O2)[C@H]2OC(C)(C)O[C@H]21. The Hall–Kier alpha value is -2.77. The molecule has 2 amide bonds. The minimum atomic E-state index is -1.66. The molecule has 3 fully saturated rings. The molecule has 1 aromatic carbocycles. The van der Waals surface area contributed by atoms with E-state index in [1.807, 2.05) is 30.3 Å². The van der Waals surface area contributed by atoms with Crippen molar-refractivity contribution in [2.24, 2.45) is 0 Å². The summed E-state index contributed by atoms with van der Waals surface area (Å²) in [5.41, 5.74) is -0.858. The maximum absolute atomic E-state index is 13.3. The number of fused-ring (bicyclic) bond motifs is 1. The highest BCUT2D eigenvalue weighted by atomic mass is 16.8. The van der Waals surface area contributed by atoms with Crippen LogP contribution in [0.5, 0.6) is 0 Å². The fourth-order valence-corrected chi connectivity index (χ4v) is 4.83. The van der Waals surface area contributed by atoms with Gasteiger partial charge in [0, 0.05) is 0 Å². The Morgan fingerprint density at radius 1 is 1.00 bits per heavy atom. The highest BCUT2D eigenvalue weighted by Gasteiger charge is 2.66. The van der Waals surface area contributed by atoms with Gasteiger partial charge in [-0.1, -0.05) is 30.3 Å². The first-order valence-corrected chi connectivity index (χ1v) is 12.5. The zero-order valence-corrected chi connectivity index (χ0v) is 22.5. The number of nitrogens with one attached hydrogen (secondary N) is 2. The number of benzene rings is 1. The predicted molar refractivity (Wildman–Crippen MR) is 130 cm³/mol. The van der Waals surface area contributed by atoms with Crippen LogP contribution in [0.25, 0.3) is 0 Å². The van der Waals surface area contributed by atoms with Gasteiger partial charge in [-0.3, -0.25) is 9.59 Å². The molecule has 0 spiro atoms. The predicted octanol–water partition coefficient (Wildman–Crippen LogP) is 1.75. The molecule has 3 heterocycles. The number of alkyl carbamates (subject to hydrolysis) is 1. The lowest BCUT2D eigenvalue weighted by Gasteiger charge is -2.36. The van der Waals surface area contributed by atoms with Gasteiger partial charge in [0.15, 0.2) is 17.3 Å².